The van der Waals surface area contributed by atoms with Crippen LogP contribution in [0, 0.1) is 5.92 Å². The van der Waals surface area contributed by atoms with E-state index in [9.17, 15) is 4.79 Å². The van der Waals surface area contributed by atoms with Gasteiger partial charge in [0.2, 0.25) is 5.91 Å². The molecule has 1 atom stereocenters. The maximum absolute atomic E-state index is 12.7. The molecule has 2 aliphatic rings. The van der Waals surface area contributed by atoms with Crippen molar-refractivity contribution in [3.8, 4) is 0 Å². The van der Waals surface area contributed by atoms with Crippen molar-refractivity contribution < 1.29 is 4.79 Å². The maximum Gasteiger partial charge on any atom is 0.222 e. The Labute approximate surface area is 179 Å². The summed E-state index contributed by atoms with van der Waals surface area (Å²) in [5, 5.41) is 4.28. The van der Waals surface area contributed by atoms with Crippen LogP contribution in [0.4, 0.5) is 5.82 Å². The maximum atomic E-state index is 12.7. The summed E-state index contributed by atoms with van der Waals surface area (Å²) in [7, 11) is 0. The minimum absolute atomic E-state index is 0.325. The SMILES string of the molecule is O=C(CC[C@H]1CCCN(CCCn2cccn2)C1)N1CCN(c2ccccn2)CC1. The van der Waals surface area contributed by atoms with E-state index in [4.69, 9.17) is 0 Å². The number of amides is 1. The van der Waals surface area contributed by atoms with Crippen molar-refractivity contribution in [2.45, 2.75) is 38.6 Å². The molecule has 0 saturated carbocycles. The summed E-state index contributed by atoms with van der Waals surface area (Å²) in [6, 6.07) is 7.98. The van der Waals surface area contributed by atoms with Gasteiger partial charge in [-0.05, 0) is 62.9 Å². The van der Waals surface area contributed by atoms with E-state index < -0.39 is 0 Å². The first-order valence-corrected chi connectivity index (χ1v) is 11.4. The van der Waals surface area contributed by atoms with Gasteiger partial charge in [-0.3, -0.25) is 9.48 Å². The number of likely N-dealkylation sites (tertiary alicyclic amines) is 1. The lowest BCUT2D eigenvalue weighted by molar-refractivity contribution is -0.131. The molecular formula is C23H34N6O. The number of carbonyl (C=O) groups is 1. The van der Waals surface area contributed by atoms with E-state index in [-0.39, 0.29) is 0 Å². The Morgan fingerprint density at radius 1 is 1.03 bits per heavy atom. The standard InChI is InChI=1S/C23H34N6O/c30-23(28-18-16-27(17-19-28)22-7-1-2-10-24-22)9-8-21-6-3-12-26(20-21)13-5-15-29-14-4-11-25-29/h1-2,4,7,10-11,14,21H,3,5-6,8-9,12-13,15-20H2/t21-/m1/s1. The number of aryl methyl sites for hydroxylation is 1. The van der Waals surface area contributed by atoms with Crippen molar-refractivity contribution in [2.75, 3.05) is 50.7 Å². The van der Waals surface area contributed by atoms with Gasteiger partial charge in [-0.25, -0.2) is 4.98 Å². The Morgan fingerprint density at radius 3 is 2.70 bits per heavy atom. The minimum Gasteiger partial charge on any atom is -0.353 e. The van der Waals surface area contributed by atoms with Gasteiger partial charge in [-0.15, -0.1) is 0 Å². The monoisotopic (exact) mass is 410 g/mol. The number of hydrogen-bond acceptors (Lipinski definition) is 5. The predicted octanol–water partition coefficient (Wildman–Crippen LogP) is 2.51. The molecule has 0 unspecified atom stereocenters. The van der Waals surface area contributed by atoms with Gasteiger partial charge in [-0.2, -0.15) is 5.10 Å². The molecule has 30 heavy (non-hydrogen) atoms. The van der Waals surface area contributed by atoms with Crippen molar-refractivity contribution in [1.82, 2.24) is 24.6 Å². The van der Waals surface area contributed by atoms with Crippen molar-refractivity contribution in [3.63, 3.8) is 0 Å². The number of anilines is 1. The second-order valence-electron chi connectivity index (χ2n) is 8.53. The fourth-order valence-corrected chi connectivity index (χ4v) is 4.69. The van der Waals surface area contributed by atoms with Crippen molar-refractivity contribution >= 4 is 11.7 Å². The first kappa shape index (κ1) is 20.8. The number of nitrogens with zero attached hydrogens (tertiary/aromatic N) is 6. The molecule has 2 aromatic rings. The molecule has 0 aliphatic carbocycles. The molecule has 7 nitrogen and oxygen atoms in total. The minimum atomic E-state index is 0.325. The highest BCUT2D eigenvalue weighted by molar-refractivity contribution is 5.76. The summed E-state index contributed by atoms with van der Waals surface area (Å²) in [6.07, 6.45) is 11.1. The number of carbonyl (C=O) groups excluding carboxylic acids is 1. The lowest BCUT2D eigenvalue weighted by atomic mass is 9.93. The van der Waals surface area contributed by atoms with E-state index in [0.29, 0.717) is 18.2 Å². The van der Waals surface area contributed by atoms with Gasteiger partial charge in [0.05, 0.1) is 0 Å². The van der Waals surface area contributed by atoms with Crippen molar-refractivity contribution in [2.24, 2.45) is 5.92 Å². The second kappa shape index (κ2) is 10.6. The molecule has 162 valence electrons. The Kier molecular flexibility index (Phi) is 7.34. The van der Waals surface area contributed by atoms with Crippen molar-refractivity contribution in [3.05, 3.63) is 42.9 Å². The molecule has 1 amide bonds. The molecule has 2 aliphatic heterocycles. The van der Waals surface area contributed by atoms with Crippen LogP contribution in [0.15, 0.2) is 42.9 Å². The van der Waals surface area contributed by atoms with E-state index >= 15 is 0 Å². The highest BCUT2D eigenvalue weighted by atomic mass is 16.2. The van der Waals surface area contributed by atoms with Crippen LogP contribution in [0.1, 0.15) is 32.1 Å². The number of hydrogen-bond donors (Lipinski definition) is 0. The first-order valence-electron chi connectivity index (χ1n) is 11.4. The largest absolute Gasteiger partial charge is 0.353 e. The number of aromatic nitrogens is 3. The van der Waals surface area contributed by atoms with Gasteiger partial charge in [0.25, 0.3) is 0 Å². The smallest absolute Gasteiger partial charge is 0.222 e. The molecule has 2 fully saturated rings. The summed E-state index contributed by atoms with van der Waals surface area (Å²) >= 11 is 0. The quantitative estimate of drug-likeness (QED) is 0.669. The predicted molar refractivity (Wildman–Crippen MR) is 118 cm³/mol. The average Bonchev–Trinajstić information content (AvgIpc) is 3.32. The van der Waals surface area contributed by atoms with E-state index in [2.05, 4.69) is 19.9 Å². The molecular weight excluding hydrogens is 376 g/mol. The topological polar surface area (TPSA) is 57.5 Å². The summed E-state index contributed by atoms with van der Waals surface area (Å²) in [4.78, 5) is 24.1. The van der Waals surface area contributed by atoms with E-state index in [0.717, 1.165) is 64.5 Å². The van der Waals surface area contributed by atoms with Gasteiger partial charge < -0.3 is 14.7 Å². The molecule has 0 aromatic carbocycles. The molecule has 2 aromatic heterocycles. The van der Waals surface area contributed by atoms with Gasteiger partial charge in [0.15, 0.2) is 0 Å². The molecule has 2 saturated heterocycles. The molecule has 4 heterocycles. The fourth-order valence-electron chi connectivity index (χ4n) is 4.69. The van der Waals surface area contributed by atoms with Gasteiger partial charge in [0.1, 0.15) is 5.82 Å². The third kappa shape index (κ3) is 5.81. The zero-order valence-electron chi connectivity index (χ0n) is 17.9. The van der Waals surface area contributed by atoms with Crippen LogP contribution in [-0.4, -0.2) is 76.3 Å². The highest BCUT2D eigenvalue weighted by Gasteiger charge is 2.24. The van der Waals surface area contributed by atoms with Crippen LogP contribution in [-0.2, 0) is 11.3 Å². The van der Waals surface area contributed by atoms with Gasteiger partial charge in [0, 0.05) is 64.3 Å². The summed E-state index contributed by atoms with van der Waals surface area (Å²) in [5.41, 5.74) is 0. The Bertz CT molecular complexity index is 757. The lowest BCUT2D eigenvalue weighted by Crippen LogP contribution is -2.49. The van der Waals surface area contributed by atoms with Crippen LogP contribution in [0.3, 0.4) is 0 Å². The molecule has 0 bridgehead atoms. The van der Waals surface area contributed by atoms with Crippen LogP contribution >= 0.6 is 0 Å². The summed E-state index contributed by atoms with van der Waals surface area (Å²) in [5.74, 6) is 1.99. The number of piperidine rings is 1. The average molecular weight is 411 g/mol. The van der Waals surface area contributed by atoms with E-state index in [1.54, 1.807) is 0 Å². The first-order chi connectivity index (χ1) is 14.8. The highest BCUT2D eigenvalue weighted by Crippen LogP contribution is 2.22. The Hall–Kier alpha value is -2.41. The molecule has 0 N–H and O–H groups in total. The van der Waals surface area contributed by atoms with Gasteiger partial charge >= 0.3 is 0 Å². The summed E-state index contributed by atoms with van der Waals surface area (Å²) in [6.45, 7) is 7.79. The zero-order valence-corrected chi connectivity index (χ0v) is 17.9. The molecule has 0 spiro atoms. The third-order valence-electron chi connectivity index (χ3n) is 6.40. The van der Waals surface area contributed by atoms with E-state index in [1.165, 1.54) is 19.4 Å². The third-order valence-corrected chi connectivity index (χ3v) is 6.40. The second-order valence-corrected chi connectivity index (χ2v) is 8.53. The zero-order chi connectivity index (χ0) is 20.6. The number of pyridine rings is 1. The summed E-state index contributed by atoms with van der Waals surface area (Å²) < 4.78 is 2.01. The van der Waals surface area contributed by atoms with Gasteiger partial charge in [-0.1, -0.05) is 6.07 Å². The number of rotatable bonds is 8. The van der Waals surface area contributed by atoms with Crippen LogP contribution in [0.5, 0.6) is 0 Å². The molecule has 0 radical (unpaired) electrons. The number of piperazine rings is 1. The fraction of sp³-hybridized carbons (Fsp3) is 0.609. The molecule has 7 heteroatoms. The van der Waals surface area contributed by atoms with Crippen LogP contribution in [0.25, 0.3) is 0 Å². The lowest BCUT2D eigenvalue weighted by Gasteiger charge is -2.36. The Balaban J connectivity index is 1.14. The van der Waals surface area contributed by atoms with Crippen LogP contribution in [0.2, 0.25) is 0 Å². The van der Waals surface area contributed by atoms with Crippen LogP contribution < -0.4 is 4.90 Å². The normalized spacial score (nSPS) is 20.5. The van der Waals surface area contributed by atoms with E-state index in [1.807, 2.05) is 52.4 Å². The Morgan fingerprint density at radius 2 is 1.93 bits per heavy atom. The van der Waals surface area contributed by atoms with Crippen molar-refractivity contribution in [1.29, 1.82) is 0 Å². The molecule has 4 rings (SSSR count).